The molecular weight excluding hydrogens is 734 g/mol. The molecule has 0 aliphatic carbocycles. The third-order valence-corrected chi connectivity index (χ3v) is 16.9. The summed E-state index contributed by atoms with van der Waals surface area (Å²) in [5.41, 5.74) is 2.17. The number of likely N-dealkylation sites (tertiary alicyclic amines) is 1. The van der Waals surface area contributed by atoms with Gasteiger partial charge >= 0.3 is 0 Å². The van der Waals surface area contributed by atoms with E-state index < -0.39 is 19.8 Å². The smallest absolute Gasteiger partial charge is 0.269 e. The lowest BCUT2D eigenvalue weighted by atomic mass is 9.82. The predicted octanol–water partition coefficient (Wildman–Crippen LogP) is 6.54. The number of anilines is 3. The molecule has 1 N–H and O–H groups in total. The zero-order valence-electron chi connectivity index (χ0n) is 31.5. The highest BCUT2D eigenvalue weighted by Crippen LogP contribution is 2.60. The van der Waals surface area contributed by atoms with E-state index in [0.29, 0.717) is 34.3 Å². The largest absolute Gasteiger partial charge is 0.497 e. The highest BCUT2D eigenvalue weighted by Gasteiger charge is 2.66. The lowest BCUT2D eigenvalue weighted by Crippen LogP contribution is -2.52. The molecule has 8 rings (SSSR count). The first-order valence-corrected chi connectivity index (χ1v) is 22.4. The molecule has 4 aliphatic rings. The second kappa shape index (κ2) is 14.4. The Morgan fingerprint density at radius 3 is 2.47 bits per heavy atom. The van der Waals surface area contributed by atoms with Crippen molar-refractivity contribution < 1.29 is 33.7 Å². The SMILES string of the molecule is COc1ccc([Si](C)(C)[C@H]2[C@H](CC(=O)N3CCC[C@H]3CO)O[C@@]3(C(=O)N(Cc4ccc(N5C(=O)COc6ccccc65)cc4)c4ccc(Cl)cc43)[C@@H]2C)cc1. The molecule has 55 heavy (non-hydrogen) atoms. The molecule has 0 radical (unpaired) electrons. The molecule has 1 spiro atoms. The Bertz CT molecular complexity index is 2130. The highest BCUT2D eigenvalue weighted by molar-refractivity contribution is 6.91. The lowest BCUT2D eigenvalue weighted by molar-refractivity contribution is -0.150. The molecule has 4 aliphatic heterocycles. The Balaban J connectivity index is 1.15. The van der Waals surface area contributed by atoms with Crippen LogP contribution >= 0.6 is 11.6 Å². The van der Waals surface area contributed by atoms with Crippen LogP contribution in [0.25, 0.3) is 0 Å². The van der Waals surface area contributed by atoms with E-state index in [0.717, 1.165) is 29.8 Å². The van der Waals surface area contributed by atoms with Gasteiger partial charge in [-0.3, -0.25) is 19.3 Å². The number of carbonyl (C=O) groups is 3. The molecule has 5 atom stereocenters. The predicted molar refractivity (Wildman–Crippen MR) is 214 cm³/mol. The van der Waals surface area contributed by atoms with E-state index in [2.05, 4.69) is 32.2 Å². The molecular formula is C43H46ClN3O7Si. The molecule has 0 unspecified atom stereocenters. The molecule has 10 nitrogen and oxygen atoms in total. The maximum Gasteiger partial charge on any atom is 0.269 e. The number of para-hydroxylation sites is 2. The van der Waals surface area contributed by atoms with Gasteiger partial charge in [0.15, 0.2) is 12.2 Å². The molecule has 4 aromatic carbocycles. The van der Waals surface area contributed by atoms with Gasteiger partial charge in [0, 0.05) is 28.7 Å². The maximum absolute atomic E-state index is 15.2. The van der Waals surface area contributed by atoms with Gasteiger partial charge in [-0.2, -0.15) is 0 Å². The molecule has 0 bridgehead atoms. The number of benzene rings is 4. The van der Waals surface area contributed by atoms with E-state index in [1.165, 1.54) is 5.19 Å². The van der Waals surface area contributed by atoms with Crippen LogP contribution in [0.1, 0.15) is 37.3 Å². The summed E-state index contributed by atoms with van der Waals surface area (Å²) in [5, 5.41) is 11.7. The topological polar surface area (TPSA) is 109 Å². The van der Waals surface area contributed by atoms with E-state index in [9.17, 15) is 14.7 Å². The molecule has 4 heterocycles. The first kappa shape index (κ1) is 37.3. The van der Waals surface area contributed by atoms with E-state index in [1.807, 2.05) is 72.8 Å². The summed E-state index contributed by atoms with van der Waals surface area (Å²) >= 11 is 6.70. The molecule has 286 valence electrons. The molecule has 2 fully saturated rings. The van der Waals surface area contributed by atoms with E-state index >= 15 is 4.79 Å². The standard InChI is InChI=1S/C43H46ClN3O7Si/c1-27-41(55(3,4)33-18-16-32(52-2)17-19-33)38(23-39(49)45-21-7-8-31(45)25-48)54-43(27)34-22-29(44)13-20-35(34)46(42(43)51)24-28-11-14-30(15-12-28)47-36-9-5-6-10-37(36)53-26-40(47)50/h5-6,9-20,22,27,31,38,41,48H,7-8,21,23-26H2,1-4H3/t27-,31+,38+,41-,43+/m1/s1. The second-order valence-electron chi connectivity index (χ2n) is 15.6. The number of fused-ring (bicyclic) bond motifs is 3. The first-order chi connectivity index (χ1) is 26.5. The number of ether oxygens (including phenoxy) is 3. The molecule has 12 heteroatoms. The van der Waals surface area contributed by atoms with Gasteiger partial charge in [0.25, 0.3) is 11.8 Å². The van der Waals surface area contributed by atoms with Crippen molar-refractivity contribution in [1.29, 1.82) is 0 Å². The van der Waals surface area contributed by atoms with Crippen LogP contribution in [0.15, 0.2) is 91.0 Å². The van der Waals surface area contributed by atoms with Gasteiger partial charge in [-0.25, -0.2) is 0 Å². The van der Waals surface area contributed by atoms with Crippen LogP contribution in [0.2, 0.25) is 23.7 Å². The van der Waals surface area contributed by atoms with Crippen LogP contribution in [-0.4, -0.2) is 74.8 Å². The van der Waals surface area contributed by atoms with Crippen molar-refractivity contribution in [2.24, 2.45) is 5.92 Å². The number of aliphatic hydroxyl groups is 1. The van der Waals surface area contributed by atoms with Crippen LogP contribution in [-0.2, 0) is 31.3 Å². The molecule has 0 aromatic heterocycles. The third-order valence-electron chi connectivity index (χ3n) is 12.3. The van der Waals surface area contributed by atoms with Crippen LogP contribution in [0, 0.1) is 5.92 Å². The summed E-state index contributed by atoms with van der Waals surface area (Å²) in [6.07, 6.45) is 1.15. The average Bonchev–Trinajstić information content (AvgIpc) is 3.85. The third kappa shape index (κ3) is 6.21. The number of nitrogens with zero attached hydrogens (tertiary/aromatic N) is 3. The minimum atomic E-state index is -2.49. The fourth-order valence-electron chi connectivity index (χ4n) is 9.60. The van der Waals surface area contributed by atoms with Crippen molar-refractivity contribution in [1.82, 2.24) is 4.90 Å². The summed E-state index contributed by atoms with van der Waals surface area (Å²) in [4.78, 5) is 47.6. The Morgan fingerprint density at radius 2 is 1.75 bits per heavy atom. The Hall–Kier alpha value is -4.68. The van der Waals surface area contributed by atoms with Gasteiger partial charge in [-0.15, -0.1) is 0 Å². The number of aliphatic hydroxyl groups excluding tert-OH is 1. The Morgan fingerprint density at radius 1 is 1.00 bits per heavy atom. The van der Waals surface area contributed by atoms with Crippen LogP contribution < -0.4 is 24.5 Å². The zero-order chi connectivity index (χ0) is 38.6. The minimum Gasteiger partial charge on any atom is -0.497 e. The lowest BCUT2D eigenvalue weighted by Gasteiger charge is -2.37. The fourth-order valence-corrected chi connectivity index (χ4v) is 13.8. The number of amides is 3. The molecule has 3 amide bonds. The van der Waals surface area contributed by atoms with Crippen LogP contribution in [0.4, 0.5) is 17.1 Å². The Kier molecular flexibility index (Phi) is 9.77. The molecule has 2 saturated heterocycles. The van der Waals surface area contributed by atoms with E-state index in [4.69, 9.17) is 25.8 Å². The zero-order valence-corrected chi connectivity index (χ0v) is 33.3. The van der Waals surface area contributed by atoms with Crippen molar-refractivity contribution in [2.45, 2.75) is 69.1 Å². The monoisotopic (exact) mass is 779 g/mol. The number of carbonyl (C=O) groups excluding carboxylic acids is 3. The summed E-state index contributed by atoms with van der Waals surface area (Å²) in [5.74, 6) is 0.673. The number of methoxy groups -OCH3 is 1. The van der Waals surface area contributed by atoms with Gasteiger partial charge < -0.3 is 29.1 Å². The number of hydrogen-bond donors (Lipinski definition) is 1. The average molecular weight is 780 g/mol. The van der Waals surface area contributed by atoms with Crippen molar-refractivity contribution in [3.8, 4) is 11.5 Å². The quantitative estimate of drug-likeness (QED) is 0.192. The van der Waals surface area contributed by atoms with Gasteiger partial charge in [-0.1, -0.05) is 73.2 Å². The summed E-state index contributed by atoms with van der Waals surface area (Å²) in [6, 6.07) is 28.5. The van der Waals surface area contributed by atoms with Gasteiger partial charge in [-0.05, 0) is 78.5 Å². The van der Waals surface area contributed by atoms with E-state index in [-0.39, 0.29) is 61.4 Å². The number of hydrogen-bond acceptors (Lipinski definition) is 7. The second-order valence-corrected chi connectivity index (χ2v) is 20.8. The Labute approximate surface area is 327 Å². The highest BCUT2D eigenvalue weighted by atomic mass is 35.5. The molecule has 4 aromatic rings. The van der Waals surface area contributed by atoms with Crippen molar-refractivity contribution >= 4 is 59.6 Å². The van der Waals surface area contributed by atoms with Gasteiger partial charge in [0.1, 0.15) is 11.5 Å². The summed E-state index contributed by atoms with van der Waals surface area (Å²) in [6.45, 7) is 7.40. The van der Waals surface area contributed by atoms with Crippen molar-refractivity contribution in [3.63, 3.8) is 0 Å². The van der Waals surface area contributed by atoms with Crippen LogP contribution in [0.3, 0.4) is 0 Å². The number of rotatable bonds is 9. The normalized spacial score (nSPS) is 24.7. The number of halogens is 1. The van der Waals surface area contributed by atoms with Gasteiger partial charge in [0.05, 0.1) is 58.3 Å². The first-order valence-electron chi connectivity index (χ1n) is 19.0. The fraction of sp³-hybridized carbons (Fsp3) is 0.372. The van der Waals surface area contributed by atoms with Gasteiger partial charge in [0.2, 0.25) is 5.91 Å². The minimum absolute atomic E-state index is 0.0492. The van der Waals surface area contributed by atoms with Crippen molar-refractivity contribution in [2.75, 3.05) is 36.7 Å². The van der Waals surface area contributed by atoms with Crippen molar-refractivity contribution in [3.05, 3.63) is 107 Å². The summed E-state index contributed by atoms with van der Waals surface area (Å²) in [7, 11) is -0.848. The summed E-state index contributed by atoms with van der Waals surface area (Å²) < 4.78 is 18.3. The van der Waals surface area contributed by atoms with Crippen LogP contribution in [0.5, 0.6) is 11.5 Å². The maximum atomic E-state index is 15.2. The molecule has 0 saturated carbocycles. The van der Waals surface area contributed by atoms with E-state index in [1.54, 1.807) is 27.9 Å².